The molecule has 52 heavy (non-hydrogen) atoms. The maximum Gasteiger partial charge on any atom is 0.160 e. The molecular formula is C47H29N3O2. The Balaban J connectivity index is 1.11. The molecule has 0 fully saturated rings. The Morgan fingerprint density at radius 2 is 1.13 bits per heavy atom. The maximum absolute atomic E-state index is 6.70. The lowest BCUT2D eigenvalue weighted by atomic mass is 9.96. The lowest BCUT2D eigenvalue weighted by molar-refractivity contribution is 0.668. The smallest absolute Gasteiger partial charge is 0.160 e. The second kappa shape index (κ2) is 11.3. The molecule has 1 unspecified atom stereocenters. The van der Waals surface area contributed by atoms with Gasteiger partial charge in [-0.3, -0.25) is 0 Å². The minimum atomic E-state index is -0.359. The number of fused-ring (bicyclic) bond motifs is 9. The Morgan fingerprint density at radius 1 is 0.462 bits per heavy atom. The SMILES string of the molecule is c1ccc(C2=NC(c3ccc(-c4ccc5c(c4)oc4ccccc45)c4oc5ccccc5c34)=NC(c3ccc4c(ccc5ccccc54)c3)N2)cc1. The first kappa shape index (κ1) is 28.8. The van der Waals surface area contributed by atoms with E-state index in [2.05, 4.69) is 121 Å². The minimum absolute atomic E-state index is 0.359. The van der Waals surface area contributed by atoms with Gasteiger partial charge < -0.3 is 14.2 Å². The molecule has 3 heterocycles. The van der Waals surface area contributed by atoms with Crippen molar-refractivity contribution in [2.24, 2.45) is 9.98 Å². The summed E-state index contributed by atoms with van der Waals surface area (Å²) < 4.78 is 13.0. The number of nitrogens with zero attached hydrogens (tertiary/aromatic N) is 2. The van der Waals surface area contributed by atoms with Gasteiger partial charge in [-0.25, -0.2) is 9.98 Å². The van der Waals surface area contributed by atoms with Crippen molar-refractivity contribution in [3.63, 3.8) is 0 Å². The van der Waals surface area contributed by atoms with Crippen molar-refractivity contribution in [3.8, 4) is 11.1 Å². The highest BCUT2D eigenvalue weighted by Gasteiger charge is 2.25. The Kier molecular flexibility index (Phi) is 6.25. The van der Waals surface area contributed by atoms with Crippen molar-refractivity contribution >= 4 is 77.1 Å². The number of para-hydroxylation sites is 2. The number of rotatable bonds is 4. The standard InChI is InChI=1S/C47H29N3O2/c1-2-11-29(12-3-1)45-48-46(32-21-22-34-30(26-32)19-18-28-10-4-5-13-33(28)34)50-47(49-45)39-25-24-35(44-43(39)38-15-7-9-17-41(38)52-44)31-20-23-37-36-14-6-8-16-40(36)51-42(37)27-31/h1-27,46H,(H,48,49,50). The van der Waals surface area contributed by atoms with Gasteiger partial charge in [0.15, 0.2) is 5.84 Å². The molecule has 0 radical (unpaired) electrons. The van der Waals surface area contributed by atoms with Crippen molar-refractivity contribution in [2.75, 3.05) is 0 Å². The number of hydrogen-bond donors (Lipinski definition) is 1. The van der Waals surface area contributed by atoms with Crippen molar-refractivity contribution in [1.82, 2.24) is 5.32 Å². The zero-order valence-electron chi connectivity index (χ0n) is 27.9. The molecule has 8 aromatic carbocycles. The molecule has 5 nitrogen and oxygen atoms in total. The number of hydrogen-bond acceptors (Lipinski definition) is 5. The van der Waals surface area contributed by atoms with Gasteiger partial charge in [-0.1, -0.05) is 121 Å². The fourth-order valence-corrected chi connectivity index (χ4v) is 7.82. The van der Waals surface area contributed by atoms with E-state index in [1.165, 1.54) is 21.5 Å². The molecule has 1 aliphatic rings. The summed E-state index contributed by atoms with van der Waals surface area (Å²) in [6, 6.07) is 56.9. The number of benzene rings is 8. The van der Waals surface area contributed by atoms with E-state index in [0.29, 0.717) is 5.84 Å². The van der Waals surface area contributed by atoms with Crippen molar-refractivity contribution in [2.45, 2.75) is 6.17 Å². The van der Waals surface area contributed by atoms with Crippen LogP contribution in [0.2, 0.25) is 0 Å². The molecule has 10 aromatic rings. The van der Waals surface area contributed by atoms with Gasteiger partial charge in [0, 0.05) is 38.2 Å². The molecule has 244 valence electrons. The summed E-state index contributed by atoms with van der Waals surface area (Å²) in [6.07, 6.45) is -0.359. The summed E-state index contributed by atoms with van der Waals surface area (Å²) in [6.45, 7) is 0. The van der Waals surface area contributed by atoms with E-state index < -0.39 is 0 Å². The van der Waals surface area contributed by atoms with Gasteiger partial charge >= 0.3 is 0 Å². The Labute approximate surface area is 298 Å². The van der Waals surface area contributed by atoms with E-state index >= 15 is 0 Å². The first-order valence-corrected chi connectivity index (χ1v) is 17.5. The van der Waals surface area contributed by atoms with E-state index in [1.54, 1.807) is 0 Å². The molecule has 0 saturated heterocycles. The summed E-state index contributed by atoms with van der Waals surface area (Å²) in [5.41, 5.74) is 8.31. The van der Waals surface area contributed by atoms with E-state index in [4.69, 9.17) is 18.8 Å². The number of aliphatic imine (C=N–C) groups is 2. The fraction of sp³-hybridized carbons (Fsp3) is 0.0213. The number of nitrogens with one attached hydrogen (secondary N) is 1. The highest BCUT2D eigenvalue weighted by molar-refractivity contribution is 6.24. The fourth-order valence-electron chi connectivity index (χ4n) is 7.82. The van der Waals surface area contributed by atoms with Gasteiger partial charge in [0.1, 0.15) is 34.3 Å². The maximum atomic E-state index is 6.70. The molecular weight excluding hydrogens is 639 g/mol. The van der Waals surface area contributed by atoms with Crippen molar-refractivity contribution in [3.05, 3.63) is 180 Å². The number of furan rings is 2. The summed E-state index contributed by atoms with van der Waals surface area (Å²) in [7, 11) is 0. The molecule has 0 bridgehead atoms. The lowest BCUT2D eigenvalue weighted by Crippen LogP contribution is -2.33. The van der Waals surface area contributed by atoms with E-state index in [9.17, 15) is 0 Å². The Bertz CT molecular complexity index is 3110. The van der Waals surface area contributed by atoms with Crippen LogP contribution in [0.4, 0.5) is 0 Å². The summed E-state index contributed by atoms with van der Waals surface area (Å²) in [5.74, 6) is 1.42. The lowest BCUT2D eigenvalue weighted by Gasteiger charge is -2.24. The molecule has 0 amide bonds. The monoisotopic (exact) mass is 667 g/mol. The zero-order chi connectivity index (χ0) is 34.2. The van der Waals surface area contributed by atoms with Gasteiger partial charge in [-0.05, 0) is 75.1 Å². The topological polar surface area (TPSA) is 63.0 Å². The molecule has 2 aromatic heterocycles. The average Bonchev–Trinajstić information content (AvgIpc) is 3.79. The summed E-state index contributed by atoms with van der Waals surface area (Å²) in [4.78, 5) is 10.5. The van der Waals surface area contributed by atoms with E-state index in [1.807, 2.05) is 48.5 Å². The molecule has 0 spiro atoms. The van der Waals surface area contributed by atoms with Crippen LogP contribution >= 0.6 is 0 Å². The van der Waals surface area contributed by atoms with E-state index in [-0.39, 0.29) is 6.17 Å². The van der Waals surface area contributed by atoms with Gasteiger partial charge in [-0.2, -0.15) is 0 Å². The molecule has 1 atom stereocenters. The Hall–Kier alpha value is -6.98. The summed E-state index contributed by atoms with van der Waals surface area (Å²) in [5, 5.41) is 12.7. The Morgan fingerprint density at radius 3 is 2.02 bits per heavy atom. The van der Waals surface area contributed by atoms with Crippen LogP contribution < -0.4 is 5.32 Å². The molecule has 0 saturated carbocycles. The first-order valence-electron chi connectivity index (χ1n) is 17.5. The minimum Gasteiger partial charge on any atom is -0.456 e. The first-order chi connectivity index (χ1) is 25.7. The van der Waals surface area contributed by atoms with Crippen LogP contribution in [0.5, 0.6) is 0 Å². The normalized spacial score (nSPS) is 14.7. The quantitative estimate of drug-likeness (QED) is 0.190. The highest BCUT2D eigenvalue weighted by Crippen LogP contribution is 2.41. The zero-order valence-corrected chi connectivity index (χ0v) is 27.9. The highest BCUT2D eigenvalue weighted by atomic mass is 16.3. The largest absolute Gasteiger partial charge is 0.456 e. The van der Waals surface area contributed by atoms with E-state index in [0.717, 1.165) is 77.5 Å². The second-order valence-corrected chi connectivity index (χ2v) is 13.4. The van der Waals surface area contributed by atoms with Crippen LogP contribution in [0.25, 0.3) is 76.5 Å². The third-order valence-corrected chi connectivity index (χ3v) is 10.3. The van der Waals surface area contributed by atoms with Gasteiger partial charge in [0.2, 0.25) is 0 Å². The van der Waals surface area contributed by atoms with Crippen LogP contribution in [-0.2, 0) is 0 Å². The van der Waals surface area contributed by atoms with Crippen LogP contribution in [0.15, 0.2) is 183 Å². The van der Waals surface area contributed by atoms with Crippen LogP contribution in [0.3, 0.4) is 0 Å². The second-order valence-electron chi connectivity index (χ2n) is 13.4. The molecule has 1 N–H and O–H groups in total. The average molecular weight is 668 g/mol. The van der Waals surface area contributed by atoms with Gasteiger partial charge in [0.05, 0.1) is 0 Å². The third-order valence-electron chi connectivity index (χ3n) is 10.3. The molecule has 5 heteroatoms. The number of amidine groups is 2. The van der Waals surface area contributed by atoms with Crippen LogP contribution in [0, 0.1) is 0 Å². The molecule has 11 rings (SSSR count). The van der Waals surface area contributed by atoms with Crippen molar-refractivity contribution in [1.29, 1.82) is 0 Å². The molecule has 1 aliphatic heterocycles. The van der Waals surface area contributed by atoms with Crippen molar-refractivity contribution < 1.29 is 8.83 Å². The van der Waals surface area contributed by atoms with Gasteiger partial charge in [0.25, 0.3) is 0 Å². The third kappa shape index (κ3) is 4.49. The van der Waals surface area contributed by atoms with Crippen LogP contribution in [0.1, 0.15) is 22.9 Å². The molecule has 0 aliphatic carbocycles. The summed E-state index contributed by atoms with van der Waals surface area (Å²) >= 11 is 0. The van der Waals surface area contributed by atoms with Gasteiger partial charge in [-0.15, -0.1) is 0 Å². The predicted molar refractivity (Wildman–Crippen MR) is 213 cm³/mol. The van der Waals surface area contributed by atoms with Crippen LogP contribution in [-0.4, -0.2) is 11.7 Å². The predicted octanol–water partition coefficient (Wildman–Crippen LogP) is 12.0.